The van der Waals surface area contributed by atoms with Crippen molar-refractivity contribution in [2.24, 2.45) is 5.84 Å². The monoisotopic (exact) mass is 294 g/mol. The van der Waals surface area contributed by atoms with Gasteiger partial charge in [-0.05, 0) is 26.3 Å². The normalized spacial score (nSPS) is 12.8. The van der Waals surface area contributed by atoms with Gasteiger partial charge in [0, 0.05) is 6.54 Å². The minimum atomic E-state index is 0.228. The molecule has 1 heterocycles. The van der Waals surface area contributed by atoms with E-state index < -0.39 is 0 Å². The van der Waals surface area contributed by atoms with E-state index in [0.717, 1.165) is 18.7 Å². The molecular weight excluding hydrogens is 260 g/mol. The molecule has 4 nitrogen and oxygen atoms in total. The van der Waals surface area contributed by atoms with Crippen molar-refractivity contribution in [3.63, 3.8) is 0 Å². The van der Waals surface area contributed by atoms with Crippen molar-refractivity contribution in [2.45, 2.75) is 91.1 Å². The van der Waals surface area contributed by atoms with Gasteiger partial charge < -0.3 is 0 Å². The van der Waals surface area contributed by atoms with E-state index in [1.807, 2.05) is 6.92 Å². The first-order chi connectivity index (χ1) is 10.2. The number of hydrogen-bond acceptors (Lipinski definition) is 3. The molecule has 0 fully saturated rings. The second-order valence-corrected chi connectivity index (χ2v) is 6.01. The molecule has 0 aliphatic rings. The third kappa shape index (κ3) is 6.62. The molecule has 21 heavy (non-hydrogen) atoms. The number of rotatable bonds is 12. The second-order valence-electron chi connectivity index (χ2n) is 6.01. The predicted octanol–water partition coefficient (Wildman–Crippen LogP) is 4.25. The lowest BCUT2D eigenvalue weighted by Gasteiger charge is -2.17. The first-order valence-corrected chi connectivity index (χ1v) is 8.73. The minimum Gasteiger partial charge on any atom is -0.271 e. The van der Waals surface area contributed by atoms with Crippen LogP contribution >= 0.6 is 0 Å². The molecule has 0 bridgehead atoms. The van der Waals surface area contributed by atoms with Crippen molar-refractivity contribution in [1.82, 2.24) is 15.2 Å². The van der Waals surface area contributed by atoms with Gasteiger partial charge in [0.25, 0.3) is 0 Å². The Hall–Kier alpha value is -0.870. The summed E-state index contributed by atoms with van der Waals surface area (Å²) in [5.74, 6) is 5.74. The van der Waals surface area contributed by atoms with E-state index in [1.54, 1.807) is 0 Å². The summed E-state index contributed by atoms with van der Waals surface area (Å²) in [4.78, 5) is 0. The van der Waals surface area contributed by atoms with Gasteiger partial charge in [0.15, 0.2) is 0 Å². The van der Waals surface area contributed by atoms with Crippen molar-refractivity contribution < 1.29 is 0 Å². The van der Waals surface area contributed by atoms with Crippen LogP contribution in [0.15, 0.2) is 6.07 Å². The smallest absolute Gasteiger partial charge is 0.0629 e. The third-order valence-electron chi connectivity index (χ3n) is 4.14. The van der Waals surface area contributed by atoms with Gasteiger partial charge in [-0.3, -0.25) is 16.0 Å². The Morgan fingerprint density at radius 2 is 1.71 bits per heavy atom. The topological polar surface area (TPSA) is 55.9 Å². The Balaban J connectivity index is 2.25. The summed E-state index contributed by atoms with van der Waals surface area (Å²) >= 11 is 0. The first kappa shape index (κ1) is 18.2. The predicted molar refractivity (Wildman–Crippen MR) is 89.9 cm³/mol. The van der Waals surface area contributed by atoms with Crippen molar-refractivity contribution in [2.75, 3.05) is 0 Å². The molecule has 1 unspecified atom stereocenters. The van der Waals surface area contributed by atoms with Crippen LogP contribution in [0.3, 0.4) is 0 Å². The summed E-state index contributed by atoms with van der Waals surface area (Å²) < 4.78 is 2.06. The average molecular weight is 294 g/mol. The van der Waals surface area contributed by atoms with Gasteiger partial charge in [-0.25, -0.2) is 0 Å². The molecule has 0 saturated heterocycles. The number of nitrogens with two attached hydrogens (primary N) is 1. The van der Waals surface area contributed by atoms with Gasteiger partial charge in [0.1, 0.15) is 0 Å². The maximum Gasteiger partial charge on any atom is 0.0629 e. The second kappa shape index (κ2) is 10.8. The van der Waals surface area contributed by atoms with Crippen LogP contribution in [0.2, 0.25) is 0 Å². The van der Waals surface area contributed by atoms with Gasteiger partial charge in [0.2, 0.25) is 0 Å². The highest BCUT2D eigenvalue weighted by molar-refractivity contribution is 5.13. The molecule has 4 heteroatoms. The Labute approximate surface area is 130 Å². The molecule has 1 aromatic rings. The van der Waals surface area contributed by atoms with Crippen LogP contribution in [-0.4, -0.2) is 9.78 Å². The molecule has 122 valence electrons. The van der Waals surface area contributed by atoms with Gasteiger partial charge in [-0.2, -0.15) is 5.10 Å². The van der Waals surface area contributed by atoms with Crippen molar-refractivity contribution in [3.8, 4) is 0 Å². The number of hydrazine groups is 1. The van der Waals surface area contributed by atoms with Gasteiger partial charge in [-0.1, -0.05) is 58.3 Å². The fourth-order valence-corrected chi connectivity index (χ4v) is 2.90. The van der Waals surface area contributed by atoms with Crippen molar-refractivity contribution in [1.29, 1.82) is 0 Å². The summed E-state index contributed by atoms with van der Waals surface area (Å²) in [5.41, 5.74) is 5.26. The molecule has 0 spiro atoms. The Morgan fingerprint density at radius 3 is 2.29 bits per heavy atom. The van der Waals surface area contributed by atoms with Crippen LogP contribution in [0.1, 0.15) is 89.1 Å². The Kier molecular flexibility index (Phi) is 9.35. The highest BCUT2D eigenvalue weighted by Crippen LogP contribution is 2.21. The van der Waals surface area contributed by atoms with Crippen molar-refractivity contribution >= 4 is 0 Å². The third-order valence-corrected chi connectivity index (χ3v) is 4.14. The summed E-state index contributed by atoms with van der Waals surface area (Å²) in [7, 11) is 0. The Morgan fingerprint density at radius 1 is 1.10 bits per heavy atom. The SMILES string of the molecule is CCCCCCCCCCC(NN)c1cc(C)nn1CC. The van der Waals surface area contributed by atoms with Crippen LogP contribution in [-0.2, 0) is 6.54 Å². The number of aryl methyl sites for hydroxylation is 2. The largest absolute Gasteiger partial charge is 0.271 e. The standard InChI is InChI=1S/C17H34N4/c1-4-6-7-8-9-10-11-12-13-16(19-18)17-14-15(3)20-21(17)5-2/h14,16,19H,4-13,18H2,1-3H3. The minimum absolute atomic E-state index is 0.228. The Bertz CT molecular complexity index is 373. The van der Waals surface area contributed by atoms with E-state index in [-0.39, 0.29) is 6.04 Å². The fraction of sp³-hybridized carbons (Fsp3) is 0.824. The van der Waals surface area contributed by atoms with Crippen LogP contribution < -0.4 is 11.3 Å². The lowest BCUT2D eigenvalue weighted by atomic mass is 10.0. The van der Waals surface area contributed by atoms with E-state index in [1.165, 1.54) is 57.1 Å². The molecule has 0 saturated carbocycles. The zero-order chi connectivity index (χ0) is 15.5. The van der Waals surface area contributed by atoms with E-state index in [4.69, 9.17) is 5.84 Å². The van der Waals surface area contributed by atoms with Crippen LogP contribution in [0.25, 0.3) is 0 Å². The molecular formula is C17H34N4. The lowest BCUT2D eigenvalue weighted by Crippen LogP contribution is -2.29. The lowest BCUT2D eigenvalue weighted by molar-refractivity contribution is 0.441. The molecule has 1 rings (SSSR count). The average Bonchev–Trinajstić information content (AvgIpc) is 2.86. The van der Waals surface area contributed by atoms with E-state index in [0.29, 0.717) is 0 Å². The van der Waals surface area contributed by atoms with E-state index in [2.05, 4.69) is 35.1 Å². The highest BCUT2D eigenvalue weighted by atomic mass is 15.3. The highest BCUT2D eigenvalue weighted by Gasteiger charge is 2.15. The maximum atomic E-state index is 5.74. The number of nitrogens with one attached hydrogen (secondary N) is 1. The summed E-state index contributed by atoms with van der Waals surface area (Å²) in [5, 5.41) is 4.51. The molecule has 3 N–H and O–H groups in total. The van der Waals surface area contributed by atoms with Crippen LogP contribution in [0.5, 0.6) is 0 Å². The van der Waals surface area contributed by atoms with Crippen molar-refractivity contribution in [3.05, 3.63) is 17.5 Å². The molecule has 0 aliphatic carbocycles. The molecule has 1 atom stereocenters. The van der Waals surface area contributed by atoms with Gasteiger partial charge >= 0.3 is 0 Å². The van der Waals surface area contributed by atoms with Crippen LogP contribution in [0.4, 0.5) is 0 Å². The first-order valence-electron chi connectivity index (χ1n) is 8.73. The maximum absolute atomic E-state index is 5.74. The number of hydrogen-bond donors (Lipinski definition) is 2. The fourth-order valence-electron chi connectivity index (χ4n) is 2.90. The number of nitrogens with zero attached hydrogens (tertiary/aromatic N) is 2. The molecule has 0 aromatic carbocycles. The zero-order valence-electron chi connectivity index (χ0n) is 14.2. The summed E-state index contributed by atoms with van der Waals surface area (Å²) in [6.07, 6.45) is 11.9. The van der Waals surface area contributed by atoms with Crippen LogP contribution in [0, 0.1) is 6.92 Å². The molecule has 0 aliphatic heterocycles. The quantitative estimate of drug-likeness (QED) is 0.344. The summed E-state index contributed by atoms with van der Waals surface area (Å²) in [6.45, 7) is 7.33. The van der Waals surface area contributed by atoms with Gasteiger partial charge in [-0.15, -0.1) is 0 Å². The number of aromatic nitrogens is 2. The number of unbranched alkanes of at least 4 members (excludes halogenated alkanes) is 7. The molecule has 0 amide bonds. The van der Waals surface area contributed by atoms with E-state index >= 15 is 0 Å². The molecule has 0 radical (unpaired) electrons. The molecule has 1 aromatic heterocycles. The summed E-state index contributed by atoms with van der Waals surface area (Å²) in [6, 6.07) is 2.38. The van der Waals surface area contributed by atoms with E-state index in [9.17, 15) is 0 Å². The zero-order valence-corrected chi connectivity index (χ0v) is 14.2. The van der Waals surface area contributed by atoms with Gasteiger partial charge in [0.05, 0.1) is 17.4 Å².